The largest absolute Gasteiger partial charge is 0.350 e. The minimum absolute atomic E-state index is 0.0239. The Labute approximate surface area is 177 Å². The fourth-order valence-corrected chi connectivity index (χ4v) is 5.76. The van der Waals surface area contributed by atoms with Gasteiger partial charge in [0.1, 0.15) is 11.2 Å². The zero-order valence-corrected chi connectivity index (χ0v) is 18.8. The third-order valence-corrected chi connectivity index (χ3v) is 7.51. The van der Waals surface area contributed by atoms with Crippen molar-refractivity contribution in [2.75, 3.05) is 13.1 Å². The lowest BCUT2D eigenvalue weighted by Crippen LogP contribution is -2.53. The monoisotopic (exact) mass is 466 g/mol. The van der Waals surface area contributed by atoms with Crippen molar-refractivity contribution in [1.29, 1.82) is 0 Å². The molecule has 2 aliphatic rings. The van der Waals surface area contributed by atoms with Crippen LogP contribution in [0.15, 0.2) is 14.6 Å². The highest BCUT2D eigenvalue weighted by Gasteiger charge is 2.30. The summed E-state index contributed by atoms with van der Waals surface area (Å²) in [5.74, 6) is 0.0491. The molecule has 1 saturated heterocycles. The van der Waals surface area contributed by atoms with Gasteiger partial charge in [0.25, 0.3) is 5.56 Å². The SMILES string of the molecule is CC(C)c1nn(CC(=O)NC2CCCN(C3CCC3)C2)c(=O)c2sc(Br)cc12. The van der Waals surface area contributed by atoms with Gasteiger partial charge in [-0.2, -0.15) is 5.10 Å². The Kier molecular flexibility index (Phi) is 5.90. The van der Waals surface area contributed by atoms with E-state index in [4.69, 9.17) is 0 Å². The first-order valence-electron chi connectivity index (χ1n) is 10.2. The van der Waals surface area contributed by atoms with Crippen molar-refractivity contribution < 1.29 is 4.79 Å². The molecule has 4 rings (SSSR count). The molecular formula is C20H27BrN4O2S. The number of amides is 1. The van der Waals surface area contributed by atoms with Gasteiger partial charge in [-0.25, -0.2) is 4.68 Å². The molecule has 152 valence electrons. The lowest BCUT2D eigenvalue weighted by atomic mass is 9.89. The van der Waals surface area contributed by atoms with Crippen LogP contribution in [0.25, 0.3) is 10.1 Å². The van der Waals surface area contributed by atoms with Crippen molar-refractivity contribution in [3.63, 3.8) is 0 Å². The Morgan fingerprint density at radius 3 is 2.82 bits per heavy atom. The van der Waals surface area contributed by atoms with E-state index in [9.17, 15) is 9.59 Å². The molecule has 1 amide bonds. The molecule has 8 heteroatoms. The summed E-state index contributed by atoms with van der Waals surface area (Å²) in [7, 11) is 0. The smallest absolute Gasteiger partial charge is 0.285 e. The number of rotatable bonds is 5. The molecular weight excluding hydrogens is 440 g/mol. The van der Waals surface area contributed by atoms with Gasteiger partial charge in [0.05, 0.1) is 9.48 Å². The van der Waals surface area contributed by atoms with Crippen molar-refractivity contribution in [3.05, 3.63) is 25.9 Å². The number of aromatic nitrogens is 2. The number of piperidine rings is 1. The van der Waals surface area contributed by atoms with E-state index in [-0.39, 0.29) is 30.0 Å². The Morgan fingerprint density at radius 1 is 1.36 bits per heavy atom. The number of carbonyl (C=O) groups excluding carboxylic acids is 1. The van der Waals surface area contributed by atoms with Crippen molar-refractivity contribution in [3.8, 4) is 0 Å². The van der Waals surface area contributed by atoms with E-state index in [1.54, 1.807) is 0 Å². The molecule has 1 unspecified atom stereocenters. The summed E-state index contributed by atoms with van der Waals surface area (Å²) in [6, 6.07) is 2.82. The second-order valence-corrected chi connectivity index (χ2v) is 10.7. The van der Waals surface area contributed by atoms with Gasteiger partial charge in [-0.05, 0) is 60.1 Å². The zero-order valence-electron chi connectivity index (χ0n) is 16.4. The van der Waals surface area contributed by atoms with E-state index in [0.717, 1.165) is 40.8 Å². The standard InChI is InChI=1S/C20H27BrN4O2S/c1-12(2)18-15-9-16(21)28-19(15)20(27)25(23-18)11-17(26)22-13-5-4-8-24(10-13)14-6-3-7-14/h9,12-14H,3-8,10-11H2,1-2H3,(H,22,26). The van der Waals surface area contributed by atoms with Gasteiger partial charge < -0.3 is 5.32 Å². The van der Waals surface area contributed by atoms with Crippen LogP contribution in [0.5, 0.6) is 0 Å². The molecule has 1 aliphatic carbocycles. The molecule has 0 aromatic carbocycles. The lowest BCUT2D eigenvalue weighted by Gasteiger charge is -2.42. The molecule has 1 N–H and O–H groups in total. The number of hydrogen-bond acceptors (Lipinski definition) is 5. The number of thiophene rings is 1. The summed E-state index contributed by atoms with van der Waals surface area (Å²) < 4.78 is 2.90. The number of fused-ring (bicyclic) bond motifs is 1. The highest BCUT2D eigenvalue weighted by atomic mass is 79.9. The second kappa shape index (κ2) is 8.24. The number of carbonyl (C=O) groups is 1. The van der Waals surface area contributed by atoms with E-state index >= 15 is 0 Å². The maximum Gasteiger partial charge on any atom is 0.285 e. The first-order chi connectivity index (χ1) is 13.4. The normalized spacial score (nSPS) is 21.2. The van der Waals surface area contributed by atoms with E-state index in [1.165, 1.54) is 35.3 Å². The molecule has 0 spiro atoms. The van der Waals surface area contributed by atoms with Crippen LogP contribution in [-0.2, 0) is 11.3 Å². The number of nitrogens with zero attached hydrogens (tertiary/aromatic N) is 3. The highest BCUT2D eigenvalue weighted by Crippen LogP contribution is 2.31. The second-order valence-electron chi connectivity index (χ2n) is 8.28. The van der Waals surface area contributed by atoms with E-state index < -0.39 is 0 Å². The van der Waals surface area contributed by atoms with Crippen molar-refractivity contribution in [2.45, 2.75) is 70.5 Å². The first kappa shape index (κ1) is 20.0. The Hall–Kier alpha value is -1.25. The van der Waals surface area contributed by atoms with E-state index in [0.29, 0.717) is 10.7 Å². The van der Waals surface area contributed by atoms with Crippen LogP contribution in [0.1, 0.15) is 57.6 Å². The van der Waals surface area contributed by atoms with Crippen molar-refractivity contribution in [1.82, 2.24) is 20.0 Å². The molecule has 0 radical (unpaired) electrons. The van der Waals surface area contributed by atoms with Gasteiger partial charge in [-0.1, -0.05) is 20.3 Å². The summed E-state index contributed by atoms with van der Waals surface area (Å²) >= 11 is 4.87. The predicted molar refractivity (Wildman–Crippen MR) is 116 cm³/mol. The van der Waals surface area contributed by atoms with Gasteiger partial charge in [-0.3, -0.25) is 14.5 Å². The summed E-state index contributed by atoms with van der Waals surface area (Å²) in [6.45, 7) is 6.15. The molecule has 2 aromatic rings. The Balaban J connectivity index is 1.49. The van der Waals surface area contributed by atoms with Crippen LogP contribution in [0.3, 0.4) is 0 Å². The van der Waals surface area contributed by atoms with Crippen LogP contribution in [0.4, 0.5) is 0 Å². The number of likely N-dealkylation sites (tertiary alicyclic amines) is 1. The summed E-state index contributed by atoms with van der Waals surface area (Å²) in [5.41, 5.74) is 0.670. The van der Waals surface area contributed by atoms with Crippen LogP contribution in [-0.4, -0.2) is 45.8 Å². The van der Waals surface area contributed by atoms with Crippen LogP contribution in [0, 0.1) is 0 Å². The predicted octanol–water partition coefficient (Wildman–Crippen LogP) is 3.48. The zero-order chi connectivity index (χ0) is 19.8. The van der Waals surface area contributed by atoms with E-state index in [1.807, 2.05) is 6.07 Å². The fraction of sp³-hybridized carbons (Fsp3) is 0.650. The maximum atomic E-state index is 12.8. The number of halogens is 1. The molecule has 3 heterocycles. The van der Waals surface area contributed by atoms with Gasteiger partial charge in [-0.15, -0.1) is 11.3 Å². The Morgan fingerprint density at radius 2 is 2.14 bits per heavy atom. The van der Waals surface area contributed by atoms with Gasteiger partial charge in [0.15, 0.2) is 0 Å². The molecule has 1 atom stereocenters. The number of hydrogen-bond donors (Lipinski definition) is 1. The lowest BCUT2D eigenvalue weighted by molar-refractivity contribution is -0.123. The fourth-order valence-electron chi connectivity index (χ4n) is 4.21. The third kappa shape index (κ3) is 4.04. The van der Waals surface area contributed by atoms with Crippen LogP contribution >= 0.6 is 27.3 Å². The summed E-state index contributed by atoms with van der Waals surface area (Å²) in [4.78, 5) is 28.0. The van der Waals surface area contributed by atoms with Gasteiger partial charge in [0, 0.05) is 24.0 Å². The summed E-state index contributed by atoms with van der Waals surface area (Å²) in [6.07, 6.45) is 6.02. The molecule has 1 aliphatic heterocycles. The quantitative estimate of drug-likeness (QED) is 0.732. The molecule has 0 bridgehead atoms. The minimum atomic E-state index is -0.190. The van der Waals surface area contributed by atoms with E-state index in [2.05, 4.69) is 45.1 Å². The van der Waals surface area contributed by atoms with Crippen LogP contribution < -0.4 is 10.9 Å². The van der Waals surface area contributed by atoms with Crippen LogP contribution in [0.2, 0.25) is 0 Å². The molecule has 6 nitrogen and oxygen atoms in total. The van der Waals surface area contributed by atoms with Gasteiger partial charge >= 0.3 is 0 Å². The number of nitrogens with one attached hydrogen (secondary N) is 1. The average Bonchev–Trinajstić information content (AvgIpc) is 2.98. The Bertz CT molecular complexity index is 934. The van der Waals surface area contributed by atoms with Crippen molar-refractivity contribution in [2.24, 2.45) is 0 Å². The summed E-state index contributed by atoms with van der Waals surface area (Å²) in [5, 5.41) is 8.56. The third-order valence-electron chi connectivity index (χ3n) is 5.88. The van der Waals surface area contributed by atoms with Gasteiger partial charge in [0.2, 0.25) is 5.91 Å². The molecule has 1 saturated carbocycles. The minimum Gasteiger partial charge on any atom is -0.350 e. The average molecular weight is 467 g/mol. The maximum absolute atomic E-state index is 12.8. The highest BCUT2D eigenvalue weighted by molar-refractivity contribution is 9.11. The molecule has 2 fully saturated rings. The molecule has 28 heavy (non-hydrogen) atoms. The topological polar surface area (TPSA) is 67.2 Å². The first-order valence-corrected chi connectivity index (χ1v) is 11.8. The molecule has 2 aromatic heterocycles. The van der Waals surface area contributed by atoms with Crippen molar-refractivity contribution >= 4 is 43.3 Å².